The van der Waals surface area contributed by atoms with Gasteiger partial charge < -0.3 is 9.90 Å². The van der Waals surface area contributed by atoms with Crippen LogP contribution in [-0.2, 0) is 0 Å². The van der Waals surface area contributed by atoms with Gasteiger partial charge in [-0.2, -0.15) is 0 Å². The van der Waals surface area contributed by atoms with Gasteiger partial charge in [0.05, 0.1) is 5.97 Å². The minimum absolute atomic E-state index is 0. The van der Waals surface area contributed by atoms with Crippen molar-refractivity contribution in [1.82, 2.24) is 4.98 Å². The van der Waals surface area contributed by atoms with Crippen LogP contribution in [0.25, 0.3) is 0 Å². The fourth-order valence-electron chi connectivity index (χ4n) is 1.27. The van der Waals surface area contributed by atoms with Crippen molar-refractivity contribution in [2.24, 2.45) is 0 Å². The van der Waals surface area contributed by atoms with E-state index in [0.29, 0.717) is 0 Å². The average molecular weight is 261 g/mol. The molecule has 0 fully saturated rings. The molecule has 0 aliphatic rings. The van der Waals surface area contributed by atoms with Crippen LogP contribution in [0.15, 0.2) is 48.8 Å². The second-order valence-electron chi connectivity index (χ2n) is 3.35. The number of aromatic carboxylic acids is 1. The second-order valence-corrected chi connectivity index (χ2v) is 3.35. The number of nitrogens with zero attached hydrogens (tertiary/aromatic N) is 1. The van der Waals surface area contributed by atoms with Gasteiger partial charge in [-0.25, -0.2) is 0 Å². The van der Waals surface area contributed by atoms with E-state index >= 15 is 0 Å². The van der Waals surface area contributed by atoms with Crippen molar-refractivity contribution in [3.05, 3.63) is 65.5 Å². The number of pyridine rings is 1. The van der Waals surface area contributed by atoms with Crippen LogP contribution in [0, 0.1) is 11.8 Å². The predicted molar refractivity (Wildman–Crippen MR) is 61.0 cm³/mol. The van der Waals surface area contributed by atoms with Gasteiger partial charge in [-0.05, 0) is 29.8 Å². The molecule has 18 heavy (non-hydrogen) atoms. The number of carbonyl (C=O) groups is 1. The van der Waals surface area contributed by atoms with Crippen molar-refractivity contribution in [2.75, 3.05) is 0 Å². The molecule has 0 N–H and O–H groups in total. The molecule has 2 rings (SSSR count). The number of carbonyl (C=O) groups excluding carboxylic acids is 1. The Morgan fingerprint density at radius 3 is 1.94 bits per heavy atom. The monoisotopic (exact) mass is 261 g/mol. The van der Waals surface area contributed by atoms with Crippen LogP contribution in [-0.4, -0.2) is 11.0 Å². The summed E-state index contributed by atoms with van der Waals surface area (Å²) in [7, 11) is 0. The molecule has 1 aromatic carbocycles. The molecule has 4 heteroatoms. The van der Waals surface area contributed by atoms with Gasteiger partial charge in [0.15, 0.2) is 0 Å². The van der Waals surface area contributed by atoms with Crippen LogP contribution >= 0.6 is 0 Å². The van der Waals surface area contributed by atoms with Crippen LogP contribution in [0.2, 0.25) is 0 Å². The van der Waals surface area contributed by atoms with Gasteiger partial charge in [0, 0.05) is 23.5 Å². The smallest absolute Gasteiger partial charge is 0.545 e. The summed E-state index contributed by atoms with van der Waals surface area (Å²) in [5.41, 5.74) is 1.77. The molecule has 0 amide bonds. The Morgan fingerprint density at radius 1 is 0.944 bits per heavy atom. The minimum atomic E-state index is -1.18. The summed E-state index contributed by atoms with van der Waals surface area (Å²) in [6.45, 7) is 0. The van der Waals surface area contributed by atoms with Crippen LogP contribution < -0.4 is 56.5 Å². The molecular formula is C14H8KNO2. The van der Waals surface area contributed by atoms with Crippen molar-refractivity contribution in [1.29, 1.82) is 0 Å². The van der Waals surface area contributed by atoms with Crippen LogP contribution in [0.4, 0.5) is 0 Å². The summed E-state index contributed by atoms with van der Waals surface area (Å²) in [4.78, 5) is 14.4. The summed E-state index contributed by atoms with van der Waals surface area (Å²) in [6.07, 6.45) is 3.34. The number of hydrogen-bond donors (Lipinski definition) is 0. The SMILES string of the molecule is O=C([O-])c1ccc(C#Cc2ccncc2)cc1.[K+]. The fourth-order valence-corrected chi connectivity index (χ4v) is 1.27. The van der Waals surface area contributed by atoms with E-state index in [1.807, 2.05) is 12.1 Å². The number of carboxylic acids is 1. The normalized spacial score (nSPS) is 8.67. The van der Waals surface area contributed by atoms with Gasteiger partial charge in [-0.15, -0.1) is 0 Å². The fraction of sp³-hybridized carbons (Fsp3) is 0. The zero-order valence-corrected chi connectivity index (χ0v) is 13.0. The van der Waals surface area contributed by atoms with E-state index in [0.717, 1.165) is 11.1 Å². The first-order valence-corrected chi connectivity index (χ1v) is 4.99. The summed E-state index contributed by atoms with van der Waals surface area (Å²) in [5.74, 6) is 4.71. The van der Waals surface area contributed by atoms with Crippen LogP contribution in [0.5, 0.6) is 0 Å². The Morgan fingerprint density at radius 2 is 1.44 bits per heavy atom. The molecule has 1 aromatic heterocycles. The van der Waals surface area contributed by atoms with Gasteiger partial charge in [0.2, 0.25) is 0 Å². The maximum atomic E-state index is 10.5. The van der Waals surface area contributed by atoms with Crippen LogP contribution in [0.1, 0.15) is 21.5 Å². The zero-order valence-electron chi connectivity index (χ0n) is 9.88. The van der Waals surface area contributed by atoms with E-state index in [-0.39, 0.29) is 56.9 Å². The van der Waals surface area contributed by atoms with E-state index < -0.39 is 5.97 Å². The first-order valence-electron chi connectivity index (χ1n) is 4.99. The molecule has 0 atom stereocenters. The summed E-state index contributed by atoms with van der Waals surface area (Å²) in [5, 5.41) is 10.5. The molecule has 2 aromatic rings. The van der Waals surface area contributed by atoms with Gasteiger partial charge in [0.1, 0.15) is 0 Å². The maximum Gasteiger partial charge on any atom is 1.00 e. The third-order valence-electron chi connectivity index (χ3n) is 2.15. The third kappa shape index (κ3) is 4.37. The summed E-state index contributed by atoms with van der Waals surface area (Å²) < 4.78 is 0. The second kappa shape index (κ2) is 7.47. The van der Waals surface area contributed by atoms with Crippen LogP contribution in [0.3, 0.4) is 0 Å². The molecule has 0 aliphatic heterocycles. The molecule has 0 radical (unpaired) electrons. The quantitative estimate of drug-likeness (QED) is 0.434. The Bertz CT molecular complexity index is 583. The number of carboxylic acid groups (broad SMARTS) is 1. The number of hydrogen-bond acceptors (Lipinski definition) is 3. The average Bonchev–Trinajstić information content (AvgIpc) is 2.38. The molecule has 0 bridgehead atoms. The maximum absolute atomic E-state index is 10.5. The minimum Gasteiger partial charge on any atom is -0.545 e. The van der Waals surface area contributed by atoms with Gasteiger partial charge >= 0.3 is 51.4 Å². The first kappa shape index (κ1) is 15.1. The summed E-state index contributed by atoms with van der Waals surface area (Å²) >= 11 is 0. The third-order valence-corrected chi connectivity index (χ3v) is 2.15. The van der Waals surface area contributed by atoms with Crippen molar-refractivity contribution < 1.29 is 61.3 Å². The summed E-state index contributed by atoms with van der Waals surface area (Å²) in [6, 6.07) is 9.88. The van der Waals surface area contributed by atoms with Crippen molar-refractivity contribution in [2.45, 2.75) is 0 Å². The molecule has 0 aliphatic carbocycles. The topological polar surface area (TPSA) is 53.0 Å². The van der Waals surface area contributed by atoms with E-state index in [1.54, 1.807) is 24.5 Å². The number of rotatable bonds is 1. The molecule has 0 saturated carbocycles. The number of aromatic nitrogens is 1. The largest absolute Gasteiger partial charge is 1.00 e. The Labute approximate surface area is 148 Å². The molecule has 1 heterocycles. The van der Waals surface area contributed by atoms with Crippen molar-refractivity contribution in [3.8, 4) is 11.8 Å². The molecule has 82 valence electrons. The first-order chi connectivity index (χ1) is 8.25. The van der Waals surface area contributed by atoms with E-state index in [2.05, 4.69) is 16.8 Å². The molecular weight excluding hydrogens is 253 g/mol. The standard InChI is InChI=1S/C14H9NO2.K/c16-14(17)13-5-3-11(4-6-13)1-2-12-7-9-15-10-8-12;/h3-10H,(H,16,17);/q;+1/p-1. The van der Waals surface area contributed by atoms with E-state index in [1.165, 1.54) is 12.1 Å². The molecule has 0 spiro atoms. The van der Waals surface area contributed by atoms with Gasteiger partial charge in [0.25, 0.3) is 0 Å². The zero-order chi connectivity index (χ0) is 12.1. The van der Waals surface area contributed by atoms with Gasteiger partial charge in [-0.1, -0.05) is 24.0 Å². The molecule has 3 nitrogen and oxygen atoms in total. The van der Waals surface area contributed by atoms with Crippen molar-refractivity contribution >= 4 is 5.97 Å². The Hall–Kier alpha value is -0.964. The Kier molecular flexibility index (Phi) is 6.26. The predicted octanol–water partition coefficient (Wildman–Crippen LogP) is -2.15. The van der Waals surface area contributed by atoms with E-state index in [4.69, 9.17) is 0 Å². The van der Waals surface area contributed by atoms with Crippen molar-refractivity contribution in [3.63, 3.8) is 0 Å². The molecule has 0 saturated heterocycles. The number of benzene rings is 1. The Balaban J connectivity index is 0.00000162. The van der Waals surface area contributed by atoms with Gasteiger partial charge in [-0.3, -0.25) is 4.98 Å². The van der Waals surface area contributed by atoms with E-state index in [9.17, 15) is 9.90 Å². The molecule has 0 unspecified atom stereocenters.